The molecule has 0 bridgehead atoms. The van der Waals surface area contributed by atoms with Crippen LogP contribution in [-0.4, -0.2) is 23.3 Å². The lowest BCUT2D eigenvalue weighted by molar-refractivity contribution is 0.00578. The molecule has 9 heteroatoms. The Labute approximate surface area is 223 Å². The summed E-state index contributed by atoms with van der Waals surface area (Å²) in [6, 6.07) is 13.3. The molecule has 192 valence electrons. The molecule has 0 radical (unpaired) electrons. The smallest absolute Gasteiger partial charge is 0.488 e. The van der Waals surface area contributed by atoms with Gasteiger partial charge in [0.05, 0.1) is 21.8 Å². The standard InChI is InChI=1S/C28H31BClN3O4/c1-18-21(7-6-8-23(18)29-36-27(2,3)28(4,5)37-29)17-35-26-11-25(22(13-32)10-24(26)30)34-16-20-9-19(12-31)14-33-15-20/h6-11,14-15H,13,16-17,32H2,1-5H3. The van der Waals surface area contributed by atoms with E-state index in [0.717, 1.165) is 27.7 Å². The molecule has 1 saturated heterocycles. The maximum atomic E-state index is 9.10. The molecular weight excluding hydrogens is 489 g/mol. The van der Waals surface area contributed by atoms with Gasteiger partial charge in [-0.1, -0.05) is 29.8 Å². The van der Waals surface area contributed by atoms with Gasteiger partial charge in [0.2, 0.25) is 0 Å². The second kappa shape index (κ2) is 10.7. The molecule has 37 heavy (non-hydrogen) atoms. The Morgan fingerprint density at radius 2 is 1.70 bits per heavy atom. The fourth-order valence-corrected chi connectivity index (χ4v) is 4.25. The average molecular weight is 520 g/mol. The zero-order valence-corrected chi connectivity index (χ0v) is 22.6. The minimum atomic E-state index is -0.452. The molecule has 2 N–H and O–H groups in total. The highest BCUT2D eigenvalue weighted by Crippen LogP contribution is 2.37. The normalized spacial score (nSPS) is 15.9. The van der Waals surface area contributed by atoms with E-state index in [9.17, 15) is 0 Å². The molecule has 1 aliphatic rings. The summed E-state index contributed by atoms with van der Waals surface area (Å²) in [4.78, 5) is 4.07. The first-order chi connectivity index (χ1) is 17.5. The van der Waals surface area contributed by atoms with Crippen molar-refractivity contribution in [2.24, 2.45) is 5.73 Å². The molecule has 1 aromatic heterocycles. The minimum absolute atomic E-state index is 0.228. The van der Waals surface area contributed by atoms with Gasteiger partial charge in [-0.15, -0.1) is 0 Å². The van der Waals surface area contributed by atoms with Crippen LogP contribution in [0.15, 0.2) is 48.8 Å². The molecular formula is C28H31BClN3O4. The number of ether oxygens (including phenoxy) is 2. The van der Waals surface area contributed by atoms with E-state index >= 15 is 0 Å². The molecule has 0 unspecified atom stereocenters. The van der Waals surface area contributed by atoms with Crippen LogP contribution in [0.25, 0.3) is 0 Å². The van der Waals surface area contributed by atoms with Crippen LogP contribution in [0.1, 0.15) is 55.5 Å². The SMILES string of the molecule is Cc1c(COc2cc(OCc3cncc(C#N)c3)c(CN)cc2Cl)cccc1B1OC(C)(C)C(C)(C)O1. The molecule has 0 spiro atoms. The second-order valence-electron chi connectivity index (χ2n) is 10.1. The molecule has 0 amide bonds. The van der Waals surface area contributed by atoms with E-state index in [4.69, 9.17) is 41.4 Å². The van der Waals surface area contributed by atoms with Crippen molar-refractivity contribution in [2.45, 2.75) is 65.6 Å². The number of benzene rings is 2. The zero-order valence-electron chi connectivity index (χ0n) is 21.8. The van der Waals surface area contributed by atoms with Crippen molar-refractivity contribution in [2.75, 3.05) is 0 Å². The lowest BCUT2D eigenvalue weighted by Gasteiger charge is -2.32. The molecule has 1 fully saturated rings. The first-order valence-corrected chi connectivity index (χ1v) is 12.5. The van der Waals surface area contributed by atoms with Crippen molar-refractivity contribution in [3.8, 4) is 17.6 Å². The largest absolute Gasteiger partial charge is 0.495 e. The van der Waals surface area contributed by atoms with Gasteiger partial charge in [0.1, 0.15) is 30.8 Å². The Balaban J connectivity index is 1.51. The van der Waals surface area contributed by atoms with Gasteiger partial charge in [-0.05, 0) is 63.3 Å². The summed E-state index contributed by atoms with van der Waals surface area (Å²) >= 11 is 6.52. The van der Waals surface area contributed by atoms with Crippen molar-refractivity contribution >= 4 is 24.2 Å². The van der Waals surface area contributed by atoms with Gasteiger partial charge in [-0.3, -0.25) is 4.98 Å². The highest BCUT2D eigenvalue weighted by molar-refractivity contribution is 6.62. The highest BCUT2D eigenvalue weighted by atomic mass is 35.5. The molecule has 0 saturated carbocycles. The third kappa shape index (κ3) is 5.76. The molecule has 4 rings (SSSR count). The number of rotatable bonds is 8. The average Bonchev–Trinajstić information content (AvgIpc) is 3.09. The number of halogens is 1. The van der Waals surface area contributed by atoms with Gasteiger partial charge < -0.3 is 24.5 Å². The lowest BCUT2D eigenvalue weighted by Crippen LogP contribution is -2.41. The Morgan fingerprint density at radius 3 is 2.38 bits per heavy atom. The van der Waals surface area contributed by atoms with Crippen molar-refractivity contribution in [3.63, 3.8) is 0 Å². The van der Waals surface area contributed by atoms with Crippen molar-refractivity contribution in [3.05, 3.63) is 81.6 Å². The van der Waals surface area contributed by atoms with Crippen LogP contribution in [0.3, 0.4) is 0 Å². The highest BCUT2D eigenvalue weighted by Gasteiger charge is 2.52. The van der Waals surface area contributed by atoms with Gasteiger partial charge in [0.15, 0.2) is 0 Å². The fraction of sp³-hybridized carbons (Fsp3) is 0.357. The van der Waals surface area contributed by atoms with Crippen LogP contribution in [0, 0.1) is 18.3 Å². The monoisotopic (exact) mass is 519 g/mol. The quantitative estimate of drug-likeness (QED) is 0.425. The van der Waals surface area contributed by atoms with E-state index < -0.39 is 18.3 Å². The van der Waals surface area contributed by atoms with E-state index in [-0.39, 0.29) is 13.2 Å². The molecule has 0 aliphatic carbocycles. The lowest BCUT2D eigenvalue weighted by atomic mass is 9.75. The number of hydrogen-bond donors (Lipinski definition) is 1. The van der Waals surface area contributed by atoms with Crippen LogP contribution in [-0.2, 0) is 29.1 Å². The number of pyridine rings is 1. The van der Waals surface area contributed by atoms with Crippen LogP contribution >= 0.6 is 11.6 Å². The minimum Gasteiger partial charge on any atom is -0.488 e. The van der Waals surface area contributed by atoms with Gasteiger partial charge in [-0.2, -0.15) is 5.26 Å². The second-order valence-corrected chi connectivity index (χ2v) is 10.5. The third-order valence-corrected chi connectivity index (χ3v) is 7.33. The van der Waals surface area contributed by atoms with E-state index in [1.165, 1.54) is 6.20 Å². The molecule has 1 aliphatic heterocycles. The molecule has 0 atom stereocenters. The number of hydrogen-bond acceptors (Lipinski definition) is 7. The summed E-state index contributed by atoms with van der Waals surface area (Å²) in [5.41, 5.74) is 10.1. The van der Waals surface area contributed by atoms with Crippen molar-refractivity contribution in [1.29, 1.82) is 5.26 Å². The Hall–Kier alpha value is -3.09. The maximum absolute atomic E-state index is 9.10. The third-order valence-electron chi connectivity index (χ3n) is 7.03. The summed E-state index contributed by atoms with van der Waals surface area (Å²) in [6.07, 6.45) is 3.17. The number of aromatic nitrogens is 1. The predicted octanol–water partition coefficient (Wildman–Crippen LogP) is 4.83. The first-order valence-electron chi connectivity index (χ1n) is 12.1. The molecule has 7 nitrogen and oxygen atoms in total. The van der Waals surface area contributed by atoms with Gasteiger partial charge in [0.25, 0.3) is 0 Å². The van der Waals surface area contributed by atoms with E-state index in [0.29, 0.717) is 28.7 Å². The summed E-state index contributed by atoms with van der Waals surface area (Å²) in [5, 5.41) is 9.55. The van der Waals surface area contributed by atoms with E-state index in [2.05, 4.69) is 11.1 Å². The number of nitriles is 1. The summed E-state index contributed by atoms with van der Waals surface area (Å²) in [7, 11) is -0.452. The fourth-order valence-electron chi connectivity index (χ4n) is 4.01. The maximum Gasteiger partial charge on any atom is 0.495 e. The van der Waals surface area contributed by atoms with Crippen molar-refractivity contribution < 1.29 is 18.8 Å². The summed E-state index contributed by atoms with van der Waals surface area (Å²) in [6.45, 7) is 11.0. The van der Waals surface area contributed by atoms with E-state index in [1.807, 2.05) is 52.8 Å². The Kier molecular flexibility index (Phi) is 7.81. The molecule has 2 heterocycles. The van der Waals surface area contributed by atoms with Gasteiger partial charge in [0, 0.05) is 36.1 Å². The van der Waals surface area contributed by atoms with Crippen molar-refractivity contribution in [1.82, 2.24) is 4.98 Å². The molecule has 2 aromatic carbocycles. The summed E-state index contributed by atoms with van der Waals surface area (Å²) < 4.78 is 24.7. The van der Waals surface area contributed by atoms with Crippen LogP contribution in [0.4, 0.5) is 0 Å². The first kappa shape index (κ1) is 27.0. The molecule has 3 aromatic rings. The van der Waals surface area contributed by atoms with Crippen LogP contribution in [0.5, 0.6) is 11.5 Å². The Morgan fingerprint density at radius 1 is 1.00 bits per heavy atom. The van der Waals surface area contributed by atoms with Crippen LogP contribution < -0.4 is 20.7 Å². The topological polar surface area (TPSA) is 99.6 Å². The van der Waals surface area contributed by atoms with Gasteiger partial charge in [-0.25, -0.2) is 0 Å². The summed E-state index contributed by atoms with van der Waals surface area (Å²) in [5.74, 6) is 1.05. The predicted molar refractivity (Wildman–Crippen MR) is 144 cm³/mol. The van der Waals surface area contributed by atoms with Crippen LogP contribution in [0.2, 0.25) is 5.02 Å². The van der Waals surface area contributed by atoms with E-state index in [1.54, 1.807) is 24.4 Å². The zero-order chi connectivity index (χ0) is 26.8. The van der Waals surface area contributed by atoms with Gasteiger partial charge >= 0.3 is 7.12 Å². The number of nitrogens with two attached hydrogens (primary N) is 1. The number of nitrogens with zero attached hydrogens (tertiary/aromatic N) is 2. The Bertz CT molecular complexity index is 1320.